The van der Waals surface area contributed by atoms with Crippen molar-refractivity contribution in [2.24, 2.45) is 0 Å². The molecule has 2 rings (SSSR count). The molecule has 1 unspecified atom stereocenters. The van der Waals surface area contributed by atoms with Gasteiger partial charge in [0.15, 0.2) is 8.32 Å². The zero-order valence-electron chi connectivity index (χ0n) is 12.0. The van der Waals surface area contributed by atoms with Gasteiger partial charge in [0.1, 0.15) is 12.4 Å². The summed E-state index contributed by atoms with van der Waals surface area (Å²) in [5, 5.41) is 0. The third-order valence-electron chi connectivity index (χ3n) is 3.14. The Bertz CT molecular complexity index is 496. The van der Waals surface area contributed by atoms with Crippen LogP contribution in [0.1, 0.15) is 12.0 Å². The fourth-order valence-corrected chi connectivity index (χ4v) is 3.40. The van der Waals surface area contributed by atoms with Crippen molar-refractivity contribution < 1.29 is 9.16 Å². The fraction of sp³-hybridized carbons (Fsp3) is 0.438. The molecule has 0 aliphatic carbocycles. The molecular formula is C16H22O2Si. The quantitative estimate of drug-likeness (QED) is 0.600. The molecule has 0 saturated heterocycles. The summed E-state index contributed by atoms with van der Waals surface area (Å²) in [4.78, 5) is 0. The van der Waals surface area contributed by atoms with Gasteiger partial charge in [-0.15, -0.1) is 5.73 Å². The Balaban J connectivity index is 2.22. The maximum absolute atomic E-state index is 6.25. The van der Waals surface area contributed by atoms with Crippen molar-refractivity contribution in [1.82, 2.24) is 0 Å². The summed E-state index contributed by atoms with van der Waals surface area (Å²) in [6.45, 7) is 10.9. The molecule has 0 aromatic heterocycles. The molecule has 3 heteroatoms. The summed E-state index contributed by atoms with van der Waals surface area (Å²) in [5.74, 6) is 0.974. The van der Waals surface area contributed by atoms with Crippen molar-refractivity contribution in [2.75, 3.05) is 6.61 Å². The van der Waals surface area contributed by atoms with Crippen LogP contribution in [-0.4, -0.2) is 21.0 Å². The van der Waals surface area contributed by atoms with Gasteiger partial charge in [-0.3, -0.25) is 0 Å². The highest BCUT2D eigenvalue weighted by Crippen LogP contribution is 2.27. The Kier molecular flexibility index (Phi) is 4.30. The molecule has 2 nitrogen and oxygen atoms in total. The predicted molar refractivity (Wildman–Crippen MR) is 81.1 cm³/mol. The topological polar surface area (TPSA) is 18.5 Å². The molecule has 0 spiro atoms. The van der Waals surface area contributed by atoms with Gasteiger partial charge in [-0.05, 0) is 44.1 Å². The Labute approximate surface area is 116 Å². The molecule has 102 valence electrons. The first kappa shape index (κ1) is 14.1. The maximum atomic E-state index is 6.25. The molecule has 0 fully saturated rings. The van der Waals surface area contributed by atoms with Crippen LogP contribution in [0, 0.1) is 0 Å². The molecule has 1 aromatic rings. The van der Waals surface area contributed by atoms with E-state index in [0.717, 1.165) is 24.2 Å². The van der Waals surface area contributed by atoms with Crippen molar-refractivity contribution in [2.45, 2.75) is 38.6 Å². The van der Waals surface area contributed by atoms with E-state index >= 15 is 0 Å². The van der Waals surface area contributed by atoms with Crippen LogP contribution in [0.4, 0.5) is 0 Å². The predicted octanol–water partition coefficient (Wildman–Crippen LogP) is 3.94. The van der Waals surface area contributed by atoms with Gasteiger partial charge in [-0.2, -0.15) is 0 Å². The number of hydrogen-bond acceptors (Lipinski definition) is 2. The average Bonchev–Trinajstić information content (AvgIpc) is 2.33. The number of hydrogen-bond donors (Lipinski definition) is 0. The molecule has 1 aliphatic heterocycles. The normalized spacial score (nSPS) is 19.7. The lowest BCUT2D eigenvalue weighted by Crippen LogP contribution is -2.35. The Morgan fingerprint density at radius 3 is 2.74 bits per heavy atom. The van der Waals surface area contributed by atoms with Crippen LogP contribution in [0.2, 0.25) is 19.6 Å². The van der Waals surface area contributed by atoms with Gasteiger partial charge in [-0.25, -0.2) is 0 Å². The van der Waals surface area contributed by atoms with Crippen LogP contribution >= 0.6 is 0 Å². The largest absolute Gasteiger partial charge is 0.488 e. The SMILES string of the molecule is C=C=C1COc2ccccc2CCC1O[Si](C)(C)C. The van der Waals surface area contributed by atoms with Crippen LogP contribution in [-0.2, 0) is 10.8 Å². The monoisotopic (exact) mass is 274 g/mol. The highest BCUT2D eigenvalue weighted by Gasteiger charge is 2.26. The highest BCUT2D eigenvalue weighted by atomic mass is 28.4. The van der Waals surface area contributed by atoms with Crippen LogP contribution in [0.15, 0.2) is 42.1 Å². The van der Waals surface area contributed by atoms with E-state index in [1.165, 1.54) is 5.56 Å². The smallest absolute Gasteiger partial charge is 0.184 e. The maximum Gasteiger partial charge on any atom is 0.184 e. The van der Waals surface area contributed by atoms with E-state index in [2.05, 4.69) is 44.1 Å². The summed E-state index contributed by atoms with van der Waals surface area (Å²) < 4.78 is 12.1. The molecule has 0 amide bonds. The molecular weight excluding hydrogens is 252 g/mol. The van der Waals surface area contributed by atoms with Crippen LogP contribution in [0.5, 0.6) is 5.75 Å². The first-order valence-corrected chi connectivity index (χ1v) is 10.2. The zero-order valence-corrected chi connectivity index (χ0v) is 13.0. The van der Waals surface area contributed by atoms with E-state index < -0.39 is 8.32 Å². The van der Waals surface area contributed by atoms with E-state index in [1.54, 1.807) is 0 Å². The molecule has 1 atom stereocenters. The Morgan fingerprint density at radius 2 is 2.05 bits per heavy atom. The second-order valence-corrected chi connectivity index (χ2v) is 10.3. The zero-order chi connectivity index (χ0) is 13.9. The van der Waals surface area contributed by atoms with Gasteiger partial charge >= 0.3 is 0 Å². The highest BCUT2D eigenvalue weighted by molar-refractivity contribution is 6.69. The lowest BCUT2D eigenvalue weighted by Gasteiger charge is -2.29. The lowest BCUT2D eigenvalue weighted by atomic mass is 10.00. The Morgan fingerprint density at radius 1 is 1.32 bits per heavy atom. The summed E-state index contributed by atoms with van der Waals surface area (Å²) >= 11 is 0. The first-order chi connectivity index (χ1) is 8.99. The minimum atomic E-state index is -1.58. The molecule has 0 saturated carbocycles. The van der Waals surface area contributed by atoms with Gasteiger partial charge in [0, 0.05) is 5.57 Å². The first-order valence-electron chi connectivity index (χ1n) is 6.77. The fourth-order valence-electron chi connectivity index (χ4n) is 2.28. The summed E-state index contributed by atoms with van der Waals surface area (Å²) in [5.41, 5.74) is 5.31. The summed E-state index contributed by atoms with van der Waals surface area (Å²) in [6, 6.07) is 8.22. The van der Waals surface area contributed by atoms with Crippen molar-refractivity contribution in [3.63, 3.8) is 0 Å². The minimum absolute atomic E-state index is 0.0949. The van der Waals surface area contributed by atoms with Crippen molar-refractivity contribution in [3.8, 4) is 5.75 Å². The second-order valence-electron chi connectivity index (χ2n) is 5.86. The lowest BCUT2D eigenvalue weighted by molar-refractivity contribution is 0.193. The number of rotatable bonds is 2. The van der Waals surface area contributed by atoms with E-state index in [4.69, 9.17) is 9.16 Å². The molecule has 0 N–H and O–H groups in total. The van der Waals surface area contributed by atoms with Crippen LogP contribution < -0.4 is 4.74 Å². The molecule has 0 bridgehead atoms. The summed E-state index contributed by atoms with van der Waals surface area (Å²) in [7, 11) is -1.58. The van der Waals surface area contributed by atoms with Crippen LogP contribution in [0.3, 0.4) is 0 Å². The number of aryl methyl sites for hydroxylation is 1. The second kappa shape index (κ2) is 5.79. The van der Waals surface area contributed by atoms with Gasteiger partial charge in [0.25, 0.3) is 0 Å². The van der Waals surface area contributed by atoms with Gasteiger partial charge < -0.3 is 9.16 Å². The van der Waals surface area contributed by atoms with Gasteiger partial charge in [0.2, 0.25) is 0 Å². The number of benzene rings is 1. The number of para-hydroxylation sites is 1. The standard InChI is InChI=1S/C16H22O2Si/c1-5-13-12-17-15-9-7-6-8-14(15)10-11-16(13)18-19(2,3)4/h6-9,16H,1,10-12H2,2-4H3. The number of ether oxygens (including phenoxy) is 1. The van der Waals surface area contributed by atoms with E-state index in [0.29, 0.717) is 6.61 Å². The van der Waals surface area contributed by atoms with Gasteiger partial charge in [0.05, 0.1) is 6.10 Å². The van der Waals surface area contributed by atoms with E-state index in [9.17, 15) is 0 Å². The Hall–Kier alpha value is -1.28. The molecule has 1 aromatic carbocycles. The molecule has 1 aliphatic rings. The average molecular weight is 274 g/mol. The summed E-state index contributed by atoms with van der Waals surface area (Å²) in [6.07, 6.45) is 2.04. The van der Waals surface area contributed by atoms with Crippen molar-refractivity contribution in [1.29, 1.82) is 0 Å². The van der Waals surface area contributed by atoms with E-state index in [1.807, 2.05) is 12.1 Å². The van der Waals surface area contributed by atoms with Crippen molar-refractivity contribution in [3.05, 3.63) is 47.7 Å². The molecule has 1 heterocycles. The number of fused-ring (bicyclic) bond motifs is 1. The minimum Gasteiger partial charge on any atom is -0.488 e. The van der Waals surface area contributed by atoms with E-state index in [-0.39, 0.29) is 6.10 Å². The van der Waals surface area contributed by atoms with Crippen LogP contribution in [0.25, 0.3) is 0 Å². The molecule has 0 radical (unpaired) electrons. The molecule has 19 heavy (non-hydrogen) atoms. The third kappa shape index (κ3) is 3.84. The van der Waals surface area contributed by atoms with Gasteiger partial charge in [-0.1, -0.05) is 24.8 Å². The van der Waals surface area contributed by atoms with Crippen molar-refractivity contribution >= 4 is 8.32 Å². The third-order valence-corrected chi connectivity index (χ3v) is 4.13.